The zero-order chi connectivity index (χ0) is 13.5. The molecular weight excluding hydrogens is 256 g/mol. The molecule has 1 aliphatic rings. The number of rotatable bonds is 7. The summed E-state index contributed by atoms with van der Waals surface area (Å²) in [6, 6.07) is 0.624. The van der Waals surface area contributed by atoms with Crippen LogP contribution in [0.25, 0.3) is 0 Å². The topological polar surface area (TPSA) is 41.1 Å². The fourth-order valence-corrected chi connectivity index (χ4v) is 3.33. The summed E-state index contributed by atoms with van der Waals surface area (Å²) < 4.78 is 4.47. The van der Waals surface area contributed by atoms with E-state index in [0.717, 1.165) is 43.3 Å². The van der Waals surface area contributed by atoms with E-state index >= 15 is 0 Å². The highest BCUT2D eigenvalue weighted by Crippen LogP contribution is 2.20. The second-order valence-electron chi connectivity index (χ2n) is 5.34. The molecule has 1 aromatic rings. The number of aryl methyl sites for hydroxylation is 1. The second kappa shape index (κ2) is 7.80. The SMILES string of the molecule is CCCc1nsc(N(CCC)CC2CCCCN2)n1. The Bertz CT molecular complexity index is 360. The molecule has 1 saturated heterocycles. The molecule has 1 atom stereocenters. The van der Waals surface area contributed by atoms with Gasteiger partial charge in [-0.1, -0.05) is 20.3 Å². The molecule has 0 bridgehead atoms. The van der Waals surface area contributed by atoms with Crippen LogP contribution in [-0.4, -0.2) is 35.0 Å². The Labute approximate surface area is 120 Å². The van der Waals surface area contributed by atoms with Crippen LogP contribution in [0.3, 0.4) is 0 Å². The maximum absolute atomic E-state index is 4.69. The van der Waals surface area contributed by atoms with Crippen LogP contribution < -0.4 is 10.2 Å². The van der Waals surface area contributed by atoms with Gasteiger partial charge in [0.1, 0.15) is 5.82 Å². The first-order chi connectivity index (χ1) is 9.33. The maximum atomic E-state index is 4.69. The molecule has 1 unspecified atom stereocenters. The summed E-state index contributed by atoms with van der Waals surface area (Å²) >= 11 is 1.56. The molecule has 1 aliphatic heterocycles. The molecule has 2 heterocycles. The molecule has 4 nitrogen and oxygen atoms in total. The highest BCUT2D eigenvalue weighted by atomic mass is 32.1. The second-order valence-corrected chi connectivity index (χ2v) is 6.07. The molecule has 0 saturated carbocycles. The molecule has 19 heavy (non-hydrogen) atoms. The number of hydrogen-bond donors (Lipinski definition) is 1. The summed E-state index contributed by atoms with van der Waals surface area (Å²) in [6.07, 6.45) is 7.25. The van der Waals surface area contributed by atoms with E-state index in [1.165, 1.54) is 25.8 Å². The van der Waals surface area contributed by atoms with Gasteiger partial charge < -0.3 is 10.2 Å². The zero-order valence-electron chi connectivity index (χ0n) is 12.2. The molecule has 108 valence electrons. The van der Waals surface area contributed by atoms with Crippen molar-refractivity contribution < 1.29 is 0 Å². The monoisotopic (exact) mass is 282 g/mol. The Balaban J connectivity index is 1.96. The van der Waals surface area contributed by atoms with Crippen molar-refractivity contribution in [2.75, 3.05) is 24.5 Å². The normalized spacial score (nSPS) is 19.6. The van der Waals surface area contributed by atoms with Gasteiger partial charge in [-0.25, -0.2) is 4.98 Å². The smallest absolute Gasteiger partial charge is 0.205 e. The fourth-order valence-electron chi connectivity index (χ4n) is 2.58. The number of nitrogens with zero attached hydrogens (tertiary/aromatic N) is 3. The molecule has 1 aromatic heterocycles. The van der Waals surface area contributed by atoms with Crippen LogP contribution in [-0.2, 0) is 6.42 Å². The average molecular weight is 282 g/mol. The van der Waals surface area contributed by atoms with Crippen molar-refractivity contribution in [2.45, 2.75) is 58.4 Å². The van der Waals surface area contributed by atoms with E-state index in [2.05, 4.69) is 33.4 Å². The van der Waals surface area contributed by atoms with Gasteiger partial charge in [0.2, 0.25) is 5.13 Å². The van der Waals surface area contributed by atoms with E-state index in [1.54, 1.807) is 11.5 Å². The molecule has 2 rings (SSSR count). The standard InChI is InChI=1S/C14H26N4S/c1-3-7-13-16-14(19-17-13)18(10-4-2)11-12-8-5-6-9-15-12/h12,15H,3-11H2,1-2H3. The Kier molecular flexibility index (Phi) is 6.04. The lowest BCUT2D eigenvalue weighted by Gasteiger charge is -2.30. The van der Waals surface area contributed by atoms with Crippen molar-refractivity contribution in [3.8, 4) is 0 Å². The van der Waals surface area contributed by atoms with Gasteiger partial charge in [0.05, 0.1) is 0 Å². The summed E-state index contributed by atoms with van der Waals surface area (Å²) in [5.41, 5.74) is 0. The van der Waals surface area contributed by atoms with Crippen molar-refractivity contribution in [3.63, 3.8) is 0 Å². The summed E-state index contributed by atoms with van der Waals surface area (Å²) in [4.78, 5) is 7.11. The van der Waals surface area contributed by atoms with Gasteiger partial charge >= 0.3 is 0 Å². The maximum Gasteiger partial charge on any atom is 0.205 e. The van der Waals surface area contributed by atoms with Crippen molar-refractivity contribution in [1.29, 1.82) is 0 Å². The molecule has 0 aromatic carbocycles. The van der Waals surface area contributed by atoms with Crippen molar-refractivity contribution in [1.82, 2.24) is 14.7 Å². The van der Waals surface area contributed by atoms with Crippen LogP contribution in [0.4, 0.5) is 5.13 Å². The predicted molar refractivity (Wildman–Crippen MR) is 82.0 cm³/mol. The zero-order valence-corrected chi connectivity index (χ0v) is 13.0. The lowest BCUT2D eigenvalue weighted by atomic mass is 10.0. The Morgan fingerprint density at radius 2 is 2.21 bits per heavy atom. The van der Waals surface area contributed by atoms with Crippen LogP contribution in [0.2, 0.25) is 0 Å². The van der Waals surface area contributed by atoms with Crippen LogP contribution in [0.1, 0.15) is 51.8 Å². The Morgan fingerprint density at radius 3 is 2.89 bits per heavy atom. The minimum atomic E-state index is 0.624. The van der Waals surface area contributed by atoms with E-state index in [-0.39, 0.29) is 0 Å². The minimum Gasteiger partial charge on any atom is -0.345 e. The molecule has 0 aliphatic carbocycles. The van der Waals surface area contributed by atoms with E-state index < -0.39 is 0 Å². The van der Waals surface area contributed by atoms with Gasteiger partial charge in [-0.3, -0.25) is 0 Å². The largest absolute Gasteiger partial charge is 0.345 e. The first kappa shape index (κ1) is 14.7. The highest BCUT2D eigenvalue weighted by Gasteiger charge is 2.19. The third-order valence-electron chi connectivity index (χ3n) is 3.55. The quantitative estimate of drug-likeness (QED) is 0.835. The first-order valence-corrected chi connectivity index (χ1v) is 8.41. The number of hydrogen-bond acceptors (Lipinski definition) is 5. The number of anilines is 1. The van der Waals surface area contributed by atoms with Crippen molar-refractivity contribution in [2.24, 2.45) is 0 Å². The predicted octanol–water partition coefficient (Wildman–Crippen LogP) is 2.85. The summed E-state index contributed by atoms with van der Waals surface area (Å²) in [7, 11) is 0. The van der Waals surface area contributed by atoms with Crippen molar-refractivity contribution >= 4 is 16.7 Å². The van der Waals surface area contributed by atoms with E-state index in [4.69, 9.17) is 0 Å². The molecule has 0 spiro atoms. The van der Waals surface area contributed by atoms with Crippen LogP contribution in [0, 0.1) is 0 Å². The minimum absolute atomic E-state index is 0.624. The number of piperidine rings is 1. The third-order valence-corrected chi connectivity index (χ3v) is 4.36. The van der Waals surface area contributed by atoms with Crippen molar-refractivity contribution in [3.05, 3.63) is 5.82 Å². The van der Waals surface area contributed by atoms with Gasteiger partial charge in [-0.2, -0.15) is 4.37 Å². The van der Waals surface area contributed by atoms with E-state index in [0.29, 0.717) is 6.04 Å². The van der Waals surface area contributed by atoms with Crippen LogP contribution in [0.5, 0.6) is 0 Å². The van der Waals surface area contributed by atoms with E-state index in [1.807, 2.05) is 0 Å². The molecule has 1 N–H and O–H groups in total. The molecular formula is C14H26N4S. The molecule has 0 amide bonds. The van der Waals surface area contributed by atoms with Crippen LogP contribution >= 0.6 is 11.5 Å². The summed E-state index contributed by atoms with van der Waals surface area (Å²) in [6.45, 7) is 7.74. The van der Waals surface area contributed by atoms with Gasteiger partial charge in [-0.05, 0) is 32.2 Å². The number of aromatic nitrogens is 2. The Hall–Kier alpha value is -0.680. The number of nitrogens with one attached hydrogen (secondary N) is 1. The lowest BCUT2D eigenvalue weighted by molar-refractivity contribution is 0.399. The first-order valence-electron chi connectivity index (χ1n) is 7.64. The lowest BCUT2D eigenvalue weighted by Crippen LogP contribution is -2.44. The van der Waals surface area contributed by atoms with Gasteiger partial charge in [0, 0.05) is 37.1 Å². The molecule has 1 fully saturated rings. The highest BCUT2D eigenvalue weighted by molar-refractivity contribution is 7.09. The fraction of sp³-hybridized carbons (Fsp3) is 0.857. The van der Waals surface area contributed by atoms with Gasteiger partial charge in [-0.15, -0.1) is 0 Å². The van der Waals surface area contributed by atoms with Crippen LogP contribution in [0.15, 0.2) is 0 Å². The van der Waals surface area contributed by atoms with E-state index in [9.17, 15) is 0 Å². The summed E-state index contributed by atoms with van der Waals surface area (Å²) in [5.74, 6) is 1.01. The molecule has 5 heteroatoms. The van der Waals surface area contributed by atoms with Gasteiger partial charge in [0.25, 0.3) is 0 Å². The Morgan fingerprint density at radius 1 is 1.32 bits per heavy atom. The van der Waals surface area contributed by atoms with Gasteiger partial charge in [0.15, 0.2) is 0 Å². The summed E-state index contributed by atoms with van der Waals surface area (Å²) in [5, 5.41) is 4.73. The molecule has 0 radical (unpaired) electrons. The third kappa shape index (κ3) is 4.42. The average Bonchev–Trinajstić information content (AvgIpc) is 2.88.